The van der Waals surface area contributed by atoms with E-state index >= 15 is 0 Å². The van der Waals surface area contributed by atoms with Gasteiger partial charge in [0.15, 0.2) is 5.69 Å². The van der Waals surface area contributed by atoms with E-state index in [1.165, 1.54) is 5.56 Å². The fourth-order valence-electron chi connectivity index (χ4n) is 2.36. The molecule has 0 saturated carbocycles. The van der Waals surface area contributed by atoms with Crippen LogP contribution in [0.1, 0.15) is 25.0 Å². The molecule has 1 atom stereocenters. The van der Waals surface area contributed by atoms with Crippen molar-refractivity contribution < 1.29 is 4.74 Å². The minimum atomic E-state index is 0.520. The minimum absolute atomic E-state index is 0.520. The molecule has 2 aromatic carbocycles. The lowest BCUT2D eigenvalue weighted by molar-refractivity contribution is 0.269. The van der Waals surface area contributed by atoms with Gasteiger partial charge in [0.2, 0.25) is 0 Å². The monoisotopic (exact) mass is 308 g/mol. The SMILES string of the molecule is [C-]#[N+]c1ccc(COc2ccc(C[C@@H](C)N(C)CC)cc2)cc1. The average molecular weight is 308 g/mol. The first-order valence-electron chi connectivity index (χ1n) is 8.00. The Hall–Kier alpha value is -2.31. The molecule has 0 amide bonds. The molecule has 0 N–H and O–H groups in total. The smallest absolute Gasteiger partial charge is 0.187 e. The summed E-state index contributed by atoms with van der Waals surface area (Å²) in [4.78, 5) is 5.73. The van der Waals surface area contributed by atoms with Crippen LogP contribution in [0.4, 0.5) is 5.69 Å². The Balaban J connectivity index is 1.88. The molecule has 0 fully saturated rings. The summed E-state index contributed by atoms with van der Waals surface area (Å²) in [6, 6.07) is 16.4. The maximum Gasteiger partial charge on any atom is 0.187 e. The second-order valence-corrected chi connectivity index (χ2v) is 5.84. The molecule has 2 rings (SSSR count). The third kappa shape index (κ3) is 5.12. The summed E-state index contributed by atoms with van der Waals surface area (Å²) < 4.78 is 5.81. The van der Waals surface area contributed by atoms with Crippen LogP contribution < -0.4 is 4.74 Å². The van der Waals surface area contributed by atoms with Crippen LogP contribution in [0.3, 0.4) is 0 Å². The van der Waals surface area contributed by atoms with Gasteiger partial charge in [-0.2, -0.15) is 0 Å². The summed E-state index contributed by atoms with van der Waals surface area (Å²) in [5.74, 6) is 0.875. The Labute approximate surface area is 139 Å². The number of hydrogen-bond donors (Lipinski definition) is 0. The number of nitrogens with zero attached hydrogens (tertiary/aromatic N) is 2. The lowest BCUT2D eigenvalue weighted by atomic mass is 10.1. The maximum absolute atomic E-state index is 6.95. The molecule has 0 spiro atoms. The van der Waals surface area contributed by atoms with Gasteiger partial charge in [-0.05, 0) is 50.2 Å². The lowest BCUT2D eigenvalue weighted by Crippen LogP contribution is -2.30. The summed E-state index contributed by atoms with van der Waals surface area (Å²) in [7, 11) is 2.15. The second-order valence-electron chi connectivity index (χ2n) is 5.84. The third-order valence-corrected chi connectivity index (χ3v) is 4.18. The molecule has 0 aliphatic carbocycles. The first kappa shape index (κ1) is 17.1. The normalized spacial score (nSPS) is 12.0. The van der Waals surface area contributed by atoms with Crippen LogP contribution in [-0.2, 0) is 13.0 Å². The Morgan fingerprint density at radius 3 is 2.22 bits per heavy atom. The van der Waals surface area contributed by atoms with Gasteiger partial charge in [-0.25, -0.2) is 4.85 Å². The van der Waals surface area contributed by atoms with Crippen molar-refractivity contribution in [3.8, 4) is 5.75 Å². The molecule has 0 radical (unpaired) electrons. The molecule has 2 aromatic rings. The predicted molar refractivity (Wildman–Crippen MR) is 94.9 cm³/mol. The van der Waals surface area contributed by atoms with E-state index in [1.807, 2.05) is 36.4 Å². The Kier molecular flexibility index (Phi) is 6.19. The van der Waals surface area contributed by atoms with E-state index in [0.717, 1.165) is 24.3 Å². The highest BCUT2D eigenvalue weighted by atomic mass is 16.5. The number of hydrogen-bond acceptors (Lipinski definition) is 2. The fraction of sp³-hybridized carbons (Fsp3) is 0.350. The first-order chi connectivity index (χ1) is 11.1. The largest absolute Gasteiger partial charge is 0.489 e. The minimum Gasteiger partial charge on any atom is -0.489 e. The number of rotatable bonds is 7. The van der Waals surface area contributed by atoms with Crippen LogP contribution >= 0.6 is 0 Å². The molecular weight excluding hydrogens is 284 g/mol. The van der Waals surface area contributed by atoms with E-state index in [0.29, 0.717) is 18.3 Å². The van der Waals surface area contributed by atoms with Gasteiger partial charge in [0, 0.05) is 6.04 Å². The number of benzene rings is 2. The highest BCUT2D eigenvalue weighted by Crippen LogP contribution is 2.17. The summed E-state index contributed by atoms with van der Waals surface area (Å²) in [5.41, 5.74) is 3.05. The second kappa shape index (κ2) is 8.36. The van der Waals surface area contributed by atoms with Crippen LogP contribution in [0.25, 0.3) is 4.85 Å². The van der Waals surface area contributed by atoms with Crippen LogP contribution in [0.5, 0.6) is 5.75 Å². The van der Waals surface area contributed by atoms with E-state index in [-0.39, 0.29) is 0 Å². The summed E-state index contributed by atoms with van der Waals surface area (Å²) in [6.07, 6.45) is 1.04. The van der Waals surface area contributed by atoms with Gasteiger partial charge in [0.1, 0.15) is 12.4 Å². The van der Waals surface area contributed by atoms with Crippen molar-refractivity contribution in [3.63, 3.8) is 0 Å². The van der Waals surface area contributed by atoms with Crippen molar-refractivity contribution in [2.75, 3.05) is 13.6 Å². The number of likely N-dealkylation sites (N-methyl/N-ethyl adjacent to an activating group) is 1. The molecule has 120 valence electrons. The van der Waals surface area contributed by atoms with Crippen molar-refractivity contribution in [2.45, 2.75) is 32.9 Å². The molecule has 0 bridgehead atoms. The molecule has 3 nitrogen and oxygen atoms in total. The summed E-state index contributed by atoms with van der Waals surface area (Å²) in [6.45, 7) is 13.0. The maximum atomic E-state index is 6.95. The first-order valence-corrected chi connectivity index (χ1v) is 8.00. The summed E-state index contributed by atoms with van der Waals surface area (Å²) >= 11 is 0. The summed E-state index contributed by atoms with van der Waals surface area (Å²) in [5, 5.41) is 0. The zero-order valence-electron chi connectivity index (χ0n) is 14.1. The van der Waals surface area contributed by atoms with Gasteiger partial charge in [0.25, 0.3) is 0 Å². The van der Waals surface area contributed by atoms with Crippen LogP contribution in [0, 0.1) is 6.57 Å². The van der Waals surface area contributed by atoms with E-state index in [1.54, 1.807) is 0 Å². The standard InChI is InChI=1S/C20H24N2O/c1-5-22(4)16(2)14-17-8-12-20(13-9-17)23-15-18-6-10-19(21-3)11-7-18/h6-13,16H,5,14-15H2,1-2,4H3/t16-/m1/s1. The van der Waals surface area contributed by atoms with Crippen molar-refractivity contribution in [1.29, 1.82) is 0 Å². The molecule has 23 heavy (non-hydrogen) atoms. The van der Waals surface area contributed by atoms with Crippen molar-refractivity contribution in [3.05, 3.63) is 71.1 Å². The molecule has 0 unspecified atom stereocenters. The van der Waals surface area contributed by atoms with Crippen molar-refractivity contribution >= 4 is 5.69 Å². The number of ether oxygens (including phenoxy) is 1. The molecule has 0 saturated heterocycles. The van der Waals surface area contributed by atoms with Gasteiger partial charge >= 0.3 is 0 Å². The highest BCUT2D eigenvalue weighted by molar-refractivity contribution is 5.45. The zero-order valence-corrected chi connectivity index (χ0v) is 14.1. The Morgan fingerprint density at radius 2 is 1.65 bits per heavy atom. The predicted octanol–water partition coefficient (Wildman–Crippen LogP) is 4.70. The van der Waals surface area contributed by atoms with E-state index in [2.05, 4.69) is 42.8 Å². The molecule has 0 aromatic heterocycles. The van der Waals surface area contributed by atoms with Gasteiger partial charge in [0.05, 0.1) is 6.57 Å². The van der Waals surface area contributed by atoms with Crippen LogP contribution in [0.2, 0.25) is 0 Å². The van der Waals surface area contributed by atoms with E-state index < -0.39 is 0 Å². The van der Waals surface area contributed by atoms with Crippen LogP contribution in [-0.4, -0.2) is 24.5 Å². The third-order valence-electron chi connectivity index (χ3n) is 4.18. The lowest BCUT2D eigenvalue weighted by Gasteiger charge is -2.23. The van der Waals surface area contributed by atoms with E-state index in [9.17, 15) is 0 Å². The van der Waals surface area contributed by atoms with Crippen LogP contribution in [0.15, 0.2) is 48.5 Å². The van der Waals surface area contributed by atoms with Crippen molar-refractivity contribution in [1.82, 2.24) is 4.90 Å². The molecular formula is C20H24N2O. The molecule has 0 aliphatic heterocycles. The fourth-order valence-corrected chi connectivity index (χ4v) is 2.36. The Morgan fingerprint density at radius 1 is 1.04 bits per heavy atom. The Bertz CT molecular complexity index is 641. The molecule has 3 heteroatoms. The van der Waals surface area contributed by atoms with Gasteiger partial charge in [-0.15, -0.1) is 0 Å². The van der Waals surface area contributed by atoms with E-state index in [4.69, 9.17) is 11.3 Å². The van der Waals surface area contributed by atoms with Gasteiger partial charge in [-0.3, -0.25) is 0 Å². The zero-order chi connectivity index (χ0) is 16.7. The van der Waals surface area contributed by atoms with Gasteiger partial charge in [-0.1, -0.05) is 43.3 Å². The quantitative estimate of drug-likeness (QED) is 0.690. The molecule has 0 aliphatic rings. The topological polar surface area (TPSA) is 16.8 Å². The average Bonchev–Trinajstić information content (AvgIpc) is 2.60. The molecule has 0 heterocycles. The highest BCUT2D eigenvalue weighted by Gasteiger charge is 2.08. The van der Waals surface area contributed by atoms with Crippen molar-refractivity contribution in [2.24, 2.45) is 0 Å². The van der Waals surface area contributed by atoms with Gasteiger partial charge < -0.3 is 9.64 Å².